The molecule has 6 heteroatoms. The zero-order valence-electron chi connectivity index (χ0n) is 11.5. The van der Waals surface area contributed by atoms with Gasteiger partial charge in [0, 0.05) is 26.6 Å². The zero-order valence-corrected chi connectivity index (χ0v) is 11.5. The van der Waals surface area contributed by atoms with Crippen LogP contribution in [0, 0.1) is 6.92 Å². The van der Waals surface area contributed by atoms with Crippen molar-refractivity contribution in [3.05, 3.63) is 11.7 Å². The van der Waals surface area contributed by atoms with Crippen molar-refractivity contribution in [1.29, 1.82) is 0 Å². The molecule has 0 spiro atoms. The largest absolute Gasteiger partial charge is 0.356 e. The predicted octanol–water partition coefficient (Wildman–Crippen LogP) is 1.28. The molecule has 0 radical (unpaired) electrons. The van der Waals surface area contributed by atoms with E-state index >= 15 is 0 Å². The number of nitrogens with zero attached hydrogens (tertiary/aromatic N) is 3. The fourth-order valence-corrected chi connectivity index (χ4v) is 1.53. The van der Waals surface area contributed by atoms with Gasteiger partial charge in [-0.15, -0.1) is 0 Å². The molecule has 0 aliphatic carbocycles. The van der Waals surface area contributed by atoms with Gasteiger partial charge >= 0.3 is 0 Å². The second-order valence-electron chi connectivity index (χ2n) is 4.12. The van der Waals surface area contributed by atoms with Gasteiger partial charge in [0.2, 0.25) is 5.89 Å². The summed E-state index contributed by atoms with van der Waals surface area (Å²) in [5, 5.41) is 10.2. The van der Waals surface area contributed by atoms with Crippen LogP contribution in [0.15, 0.2) is 9.52 Å². The molecule has 0 atom stereocenters. The molecule has 0 aliphatic heterocycles. The highest BCUT2D eigenvalue weighted by molar-refractivity contribution is 5.79. The zero-order chi connectivity index (χ0) is 13.2. The van der Waals surface area contributed by atoms with Crippen molar-refractivity contribution in [1.82, 2.24) is 20.8 Å². The Morgan fingerprint density at radius 1 is 1.28 bits per heavy atom. The Kier molecular flexibility index (Phi) is 6.83. The molecule has 1 aromatic rings. The summed E-state index contributed by atoms with van der Waals surface area (Å²) < 4.78 is 5.03. The number of rotatable bonds is 7. The van der Waals surface area contributed by atoms with E-state index in [1.807, 2.05) is 6.92 Å². The van der Waals surface area contributed by atoms with E-state index in [2.05, 4.69) is 32.7 Å². The Morgan fingerprint density at radius 3 is 2.67 bits per heavy atom. The summed E-state index contributed by atoms with van der Waals surface area (Å²) in [6.07, 6.45) is 4.34. The molecule has 0 saturated carbocycles. The van der Waals surface area contributed by atoms with Crippen molar-refractivity contribution >= 4 is 5.96 Å². The van der Waals surface area contributed by atoms with Gasteiger partial charge in [-0.25, -0.2) is 0 Å². The predicted molar refractivity (Wildman–Crippen MR) is 71.6 cm³/mol. The fourth-order valence-electron chi connectivity index (χ4n) is 1.53. The molecule has 6 nitrogen and oxygen atoms in total. The molecule has 18 heavy (non-hydrogen) atoms. The molecule has 2 N–H and O–H groups in total. The Bertz CT molecular complexity index is 361. The van der Waals surface area contributed by atoms with Crippen LogP contribution in [-0.4, -0.2) is 36.2 Å². The van der Waals surface area contributed by atoms with Gasteiger partial charge in [0.05, 0.1) is 0 Å². The normalized spacial score (nSPS) is 11.6. The van der Waals surface area contributed by atoms with Crippen molar-refractivity contribution in [3.63, 3.8) is 0 Å². The number of aliphatic imine (C=N–C) groups is 1. The lowest BCUT2D eigenvalue weighted by Crippen LogP contribution is -2.38. The molecular weight excluding hydrogens is 230 g/mol. The molecule has 0 saturated heterocycles. The van der Waals surface area contributed by atoms with Crippen LogP contribution < -0.4 is 10.6 Å². The molecule has 1 rings (SSSR count). The third-order valence-electron chi connectivity index (χ3n) is 2.50. The van der Waals surface area contributed by atoms with E-state index in [4.69, 9.17) is 4.52 Å². The summed E-state index contributed by atoms with van der Waals surface area (Å²) >= 11 is 0. The molecule has 102 valence electrons. The molecule has 0 bridgehead atoms. The van der Waals surface area contributed by atoms with E-state index in [9.17, 15) is 0 Å². The van der Waals surface area contributed by atoms with Gasteiger partial charge in [-0.3, -0.25) is 4.99 Å². The quantitative estimate of drug-likeness (QED) is 0.435. The third-order valence-corrected chi connectivity index (χ3v) is 2.50. The van der Waals surface area contributed by atoms with Gasteiger partial charge in [-0.05, 0) is 13.3 Å². The van der Waals surface area contributed by atoms with E-state index in [1.165, 1.54) is 19.3 Å². The summed E-state index contributed by atoms with van der Waals surface area (Å²) in [6, 6.07) is 0. The Labute approximate surface area is 108 Å². The maximum absolute atomic E-state index is 5.03. The molecule has 1 heterocycles. The molecule has 0 aliphatic rings. The van der Waals surface area contributed by atoms with Crippen LogP contribution in [0.25, 0.3) is 0 Å². The van der Waals surface area contributed by atoms with Crippen LogP contribution in [0.3, 0.4) is 0 Å². The monoisotopic (exact) mass is 253 g/mol. The molecule has 0 aromatic carbocycles. The fraction of sp³-hybridized carbons (Fsp3) is 0.750. The highest BCUT2D eigenvalue weighted by atomic mass is 16.5. The number of unbranched alkanes of at least 4 members (excludes halogenated alkanes) is 2. The molecular formula is C12H23N5O. The van der Waals surface area contributed by atoms with E-state index in [-0.39, 0.29) is 0 Å². The van der Waals surface area contributed by atoms with E-state index in [1.54, 1.807) is 7.05 Å². The minimum Gasteiger partial charge on any atom is -0.356 e. The van der Waals surface area contributed by atoms with Crippen LogP contribution in [0.1, 0.15) is 37.9 Å². The van der Waals surface area contributed by atoms with Crippen molar-refractivity contribution in [3.8, 4) is 0 Å². The van der Waals surface area contributed by atoms with Crippen LogP contribution in [0.2, 0.25) is 0 Å². The van der Waals surface area contributed by atoms with Crippen molar-refractivity contribution in [2.75, 3.05) is 20.1 Å². The van der Waals surface area contributed by atoms with Crippen LogP contribution in [0.5, 0.6) is 0 Å². The first-order chi connectivity index (χ1) is 8.76. The first kappa shape index (κ1) is 14.5. The standard InChI is InChI=1S/C12H23N5O/c1-4-5-6-8-14-12(13-3)15-9-7-11-16-10(2)17-18-11/h4-9H2,1-3H3,(H2,13,14,15). The lowest BCUT2D eigenvalue weighted by atomic mass is 10.2. The van der Waals surface area contributed by atoms with E-state index in [0.717, 1.165) is 19.0 Å². The Morgan fingerprint density at radius 2 is 2.06 bits per heavy atom. The lowest BCUT2D eigenvalue weighted by molar-refractivity contribution is 0.374. The smallest absolute Gasteiger partial charge is 0.228 e. The molecule has 1 aromatic heterocycles. The van der Waals surface area contributed by atoms with Crippen LogP contribution >= 0.6 is 0 Å². The van der Waals surface area contributed by atoms with Gasteiger partial charge < -0.3 is 15.2 Å². The van der Waals surface area contributed by atoms with E-state index < -0.39 is 0 Å². The van der Waals surface area contributed by atoms with Crippen molar-refractivity contribution < 1.29 is 4.52 Å². The number of guanidine groups is 1. The summed E-state index contributed by atoms with van der Waals surface area (Å²) in [4.78, 5) is 8.29. The third kappa shape index (κ3) is 5.65. The second-order valence-corrected chi connectivity index (χ2v) is 4.12. The minimum atomic E-state index is 0.654. The Balaban J connectivity index is 2.15. The van der Waals surface area contributed by atoms with E-state index in [0.29, 0.717) is 18.1 Å². The van der Waals surface area contributed by atoms with Crippen molar-refractivity contribution in [2.45, 2.75) is 39.5 Å². The maximum atomic E-state index is 5.03. The average molecular weight is 253 g/mol. The van der Waals surface area contributed by atoms with Gasteiger partial charge in [-0.1, -0.05) is 24.9 Å². The number of hydrogen-bond donors (Lipinski definition) is 2. The average Bonchev–Trinajstić information content (AvgIpc) is 2.78. The number of hydrogen-bond acceptors (Lipinski definition) is 4. The maximum Gasteiger partial charge on any atom is 0.228 e. The minimum absolute atomic E-state index is 0.654. The van der Waals surface area contributed by atoms with Gasteiger partial charge in [0.15, 0.2) is 11.8 Å². The topological polar surface area (TPSA) is 75.3 Å². The summed E-state index contributed by atoms with van der Waals surface area (Å²) in [5.41, 5.74) is 0. The molecule has 0 unspecified atom stereocenters. The number of nitrogens with one attached hydrogen (secondary N) is 2. The summed E-state index contributed by atoms with van der Waals surface area (Å²) in [6.45, 7) is 5.69. The summed E-state index contributed by atoms with van der Waals surface area (Å²) in [5.74, 6) is 2.15. The van der Waals surface area contributed by atoms with Gasteiger partial charge in [0.1, 0.15) is 0 Å². The highest BCUT2D eigenvalue weighted by Gasteiger charge is 2.02. The number of aryl methyl sites for hydroxylation is 1. The summed E-state index contributed by atoms with van der Waals surface area (Å²) in [7, 11) is 1.77. The first-order valence-corrected chi connectivity index (χ1v) is 6.50. The van der Waals surface area contributed by atoms with Crippen LogP contribution in [0.4, 0.5) is 0 Å². The van der Waals surface area contributed by atoms with Gasteiger partial charge in [-0.2, -0.15) is 4.98 Å². The first-order valence-electron chi connectivity index (χ1n) is 6.50. The van der Waals surface area contributed by atoms with Crippen LogP contribution in [-0.2, 0) is 6.42 Å². The highest BCUT2D eigenvalue weighted by Crippen LogP contribution is 1.95. The second kappa shape index (κ2) is 8.49. The molecule has 0 amide bonds. The molecule has 0 fully saturated rings. The Hall–Kier alpha value is -1.59. The lowest BCUT2D eigenvalue weighted by Gasteiger charge is -2.10. The number of aromatic nitrogens is 2. The SMILES string of the molecule is CCCCCNC(=NC)NCCc1nc(C)no1. The van der Waals surface area contributed by atoms with Gasteiger partial charge in [0.25, 0.3) is 0 Å². The van der Waals surface area contributed by atoms with Crippen molar-refractivity contribution in [2.24, 2.45) is 4.99 Å².